The summed E-state index contributed by atoms with van der Waals surface area (Å²) in [5.74, 6) is -1.06. The van der Waals surface area contributed by atoms with Gasteiger partial charge in [-0.15, -0.1) is 6.58 Å². The second kappa shape index (κ2) is 8.52. The third kappa shape index (κ3) is 6.85. The van der Waals surface area contributed by atoms with Crippen LogP contribution in [0.2, 0.25) is 0 Å². The Morgan fingerprint density at radius 3 is 2.33 bits per heavy atom. The number of rotatable bonds is 7. The lowest BCUT2D eigenvalue weighted by molar-refractivity contribution is -0.160. The second-order valence-electron chi connectivity index (χ2n) is 5.55. The zero-order chi connectivity index (χ0) is 18.3. The first-order valence-corrected chi connectivity index (χ1v) is 7.41. The third-order valence-electron chi connectivity index (χ3n) is 3.31. The summed E-state index contributed by atoms with van der Waals surface area (Å²) in [6, 6.07) is 6.42. The van der Waals surface area contributed by atoms with E-state index in [1.165, 1.54) is 13.0 Å². The molecule has 1 aromatic carbocycles. The van der Waals surface area contributed by atoms with Crippen LogP contribution in [-0.4, -0.2) is 36.0 Å². The lowest BCUT2D eigenvalue weighted by atomic mass is 10.0. The Labute approximate surface area is 139 Å². The average molecular weight is 342 g/mol. The zero-order valence-electron chi connectivity index (χ0n) is 13.7. The zero-order valence-corrected chi connectivity index (χ0v) is 13.7. The molecule has 0 radical (unpaired) electrons. The van der Waals surface area contributed by atoms with Crippen molar-refractivity contribution in [1.29, 1.82) is 0 Å². The summed E-state index contributed by atoms with van der Waals surface area (Å²) < 4.78 is 37.8. The van der Waals surface area contributed by atoms with Gasteiger partial charge in [-0.25, -0.2) is 0 Å². The number of alkyl halides is 3. The Morgan fingerprint density at radius 1 is 1.29 bits per heavy atom. The number of benzene rings is 1. The predicted octanol–water partition coefficient (Wildman–Crippen LogP) is 3.14. The summed E-state index contributed by atoms with van der Waals surface area (Å²) in [5, 5.41) is 2.61. The molecule has 1 unspecified atom stereocenters. The molecule has 0 fully saturated rings. The molecule has 0 aliphatic rings. The van der Waals surface area contributed by atoms with Crippen molar-refractivity contribution in [2.45, 2.75) is 32.5 Å². The molecular weight excluding hydrogens is 321 g/mol. The van der Waals surface area contributed by atoms with Gasteiger partial charge < -0.3 is 10.2 Å². The van der Waals surface area contributed by atoms with Crippen LogP contribution in [0.5, 0.6) is 0 Å². The van der Waals surface area contributed by atoms with E-state index >= 15 is 0 Å². The molecule has 0 aliphatic carbocycles. The van der Waals surface area contributed by atoms with Gasteiger partial charge in [-0.1, -0.05) is 35.9 Å². The molecule has 0 saturated carbocycles. The van der Waals surface area contributed by atoms with E-state index in [1.54, 1.807) is 12.1 Å². The number of carbonyl (C=O) groups excluding carboxylic acids is 2. The second-order valence-corrected chi connectivity index (χ2v) is 5.55. The Balaban J connectivity index is 2.94. The van der Waals surface area contributed by atoms with Crippen molar-refractivity contribution in [2.75, 3.05) is 13.1 Å². The van der Waals surface area contributed by atoms with Crippen LogP contribution in [0, 0.1) is 6.92 Å². The SMILES string of the molecule is C=CCN(CC(F)(F)F)C(=O)CC(NC(C)=O)c1ccc(C)cc1. The number of hydrogen-bond acceptors (Lipinski definition) is 2. The summed E-state index contributed by atoms with van der Waals surface area (Å²) in [4.78, 5) is 24.3. The van der Waals surface area contributed by atoms with Crippen LogP contribution in [0.25, 0.3) is 0 Å². The van der Waals surface area contributed by atoms with E-state index in [0.29, 0.717) is 10.5 Å². The van der Waals surface area contributed by atoms with E-state index in [2.05, 4.69) is 11.9 Å². The smallest absolute Gasteiger partial charge is 0.349 e. The van der Waals surface area contributed by atoms with E-state index in [4.69, 9.17) is 0 Å². The monoisotopic (exact) mass is 342 g/mol. The minimum absolute atomic E-state index is 0.209. The van der Waals surface area contributed by atoms with Gasteiger partial charge in [0.25, 0.3) is 0 Å². The van der Waals surface area contributed by atoms with Gasteiger partial charge in [-0.3, -0.25) is 9.59 Å². The Hall–Kier alpha value is -2.31. The van der Waals surface area contributed by atoms with Gasteiger partial charge in [-0.05, 0) is 12.5 Å². The standard InChI is InChI=1S/C17H21F3N2O2/c1-4-9-22(11-17(18,19)20)16(24)10-15(21-13(3)23)14-7-5-12(2)6-8-14/h4-8,15H,1,9-11H2,2-3H3,(H,21,23). The molecule has 0 heterocycles. The van der Waals surface area contributed by atoms with Crippen molar-refractivity contribution in [3.05, 3.63) is 48.0 Å². The number of carbonyl (C=O) groups is 2. The van der Waals surface area contributed by atoms with E-state index < -0.39 is 24.7 Å². The molecule has 4 nitrogen and oxygen atoms in total. The first-order valence-electron chi connectivity index (χ1n) is 7.41. The molecule has 1 aromatic rings. The van der Waals surface area contributed by atoms with E-state index in [0.717, 1.165) is 5.56 Å². The summed E-state index contributed by atoms with van der Waals surface area (Å²) in [6.45, 7) is 5.00. The number of amides is 2. The van der Waals surface area contributed by atoms with Crippen LogP contribution < -0.4 is 5.32 Å². The molecule has 1 N–H and O–H groups in total. The molecule has 132 valence electrons. The van der Waals surface area contributed by atoms with Crippen molar-refractivity contribution >= 4 is 11.8 Å². The Kier molecular flexibility index (Phi) is 7.00. The van der Waals surface area contributed by atoms with Crippen molar-refractivity contribution < 1.29 is 22.8 Å². The van der Waals surface area contributed by atoms with Crippen LogP contribution >= 0.6 is 0 Å². The molecule has 24 heavy (non-hydrogen) atoms. The highest BCUT2D eigenvalue weighted by Crippen LogP contribution is 2.21. The maximum atomic E-state index is 12.6. The van der Waals surface area contributed by atoms with E-state index in [-0.39, 0.29) is 18.9 Å². The van der Waals surface area contributed by atoms with Crippen molar-refractivity contribution in [3.8, 4) is 0 Å². The fourth-order valence-corrected chi connectivity index (χ4v) is 2.23. The lowest BCUT2D eigenvalue weighted by Crippen LogP contribution is -2.41. The highest BCUT2D eigenvalue weighted by molar-refractivity contribution is 5.79. The molecule has 0 aliphatic heterocycles. The third-order valence-corrected chi connectivity index (χ3v) is 3.31. The van der Waals surface area contributed by atoms with Gasteiger partial charge >= 0.3 is 6.18 Å². The van der Waals surface area contributed by atoms with E-state index in [9.17, 15) is 22.8 Å². The van der Waals surface area contributed by atoms with Gasteiger partial charge in [-0.2, -0.15) is 13.2 Å². The van der Waals surface area contributed by atoms with Crippen molar-refractivity contribution in [3.63, 3.8) is 0 Å². The molecule has 1 atom stereocenters. The number of hydrogen-bond donors (Lipinski definition) is 1. The first-order chi connectivity index (χ1) is 11.1. The Morgan fingerprint density at radius 2 is 1.88 bits per heavy atom. The molecule has 0 aromatic heterocycles. The Bertz CT molecular complexity index is 582. The highest BCUT2D eigenvalue weighted by atomic mass is 19.4. The van der Waals surface area contributed by atoms with Crippen molar-refractivity contribution in [2.24, 2.45) is 0 Å². The minimum atomic E-state index is -4.49. The minimum Gasteiger partial charge on any atom is -0.349 e. The summed E-state index contributed by atoms with van der Waals surface area (Å²) in [6.07, 6.45) is -3.51. The normalized spacial score (nSPS) is 12.4. The number of aryl methyl sites for hydroxylation is 1. The van der Waals surface area contributed by atoms with Crippen LogP contribution in [-0.2, 0) is 9.59 Å². The largest absolute Gasteiger partial charge is 0.406 e. The highest BCUT2D eigenvalue weighted by Gasteiger charge is 2.33. The van der Waals surface area contributed by atoms with Gasteiger partial charge in [0.15, 0.2) is 0 Å². The molecule has 7 heteroatoms. The molecule has 2 amide bonds. The van der Waals surface area contributed by atoms with Crippen LogP contribution in [0.4, 0.5) is 13.2 Å². The van der Waals surface area contributed by atoms with Gasteiger partial charge in [0.05, 0.1) is 12.5 Å². The molecule has 1 rings (SSSR count). The quantitative estimate of drug-likeness (QED) is 0.774. The maximum Gasteiger partial charge on any atom is 0.406 e. The van der Waals surface area contributed by atoms with Gasteiger partial charge in [0, 0.05) is 13.5 Å². The van der Waals surface area contributed by atoms with Crippen LogP contribution in [0.3, 0.4) is 0 Å². The molecule has 0 bridgehead atoms. The van der Waals surface area contributed by atoms with Gasteiger partial charge in [0.2, 0.25) is 11.8 Å². The summed E-state index contributed by atoms with van der Waals surface area (Å²) >= 11 is 0. The van der Waals surface area contributed by atoms with E-state index in [1.807, 2.05) is 19.1 Å². The first kappa shape index (κ1) is 19.7. The fourth-order valence-electron chi connectivity index (χ4n) is 2.23. The van der Waals surface area contributed by atoms with Crippen molar-refractivity contribution in [1.82, 2.24) is 10.2 Å². The molecule has 0 saturated heterocycles. The topological polar surface area (TPSA) is 49.4 Å². The van der Waals surface area contributed by atoms with Crippen LogP contribution in [0.1, 0.15) is 30.5 Å². The predicted molar refractivity (Wildman–Crippen MR) is 85.2 cm³/mol. The molecular formula is C17H21F3N2O2. The maximum absolute atomic E-state index is 12.6. The number of nitrogens with one attached hydrogen (secondary N) is 1. The average Bonchev–Trinajstić information content (AvgIpc) is 2.45. The summed E-state index contributed by atoms with van der Waals surface area (Å²) in [7, 11) is 0. The van der Waals surface area contributed by atoms with Crippen LogP contribution in [0.15, 0.2) is 36.9 Å². The number of halogens is 3. The van der Waals surface area contributed by atoms with Gasteiger partial charge in [0.1, 0.15) is 6.54 Å². The number of nitrogens with zero attached hydrogens (tertiary/aromatic N) is 1. The molecule has 0 spiro atoms. The lowest BCUT2D eigenvalue weighted by Gasteiger charge is -2.25. The fraction of sp³-hybridized carbons (Fsp3) is 0.412. The summed E-state index contributed by atoms with van der Waals surface area (Å²) in [5.41, 5.74) is 1.66.